The normalized spacial score (nSPS) is 10.5. The lowest BCUT2D eigenvalue weighted by atomic mass is 10.2. The van der Waals surface area contributed by atoms with Crippen molar-refractivity contribution in [2.75, 3.05) is 0 Å². The molecule has 1 radical (unpaired) electrons. The Morgan fingerprint density at radius 3 is 2.60 bits per heavy atom. The van der Waals surface area contributed by atoms with Gasteiger partial charge in [0.25, 0.3) is 0 Å². The number of nitrogens with zero attached hydrogens (tertiary/aromatic N) is 2. The van der Waals surface area contributed by atoms with Crippen LogP contribution in [0.1, 0.15) is 5.56 Å². The van der Waals surface area contributed by atoms with Gasteiger partial charge in [0, 0.05) is 0 Å². The third-order valence-corrected chi connectivity index (χ3v) is 1.26. The van der Waals surface area contributed by atoms with Gasteiger partial charge in [-0.3, -0.25) is 0 Å². The highest BCUT2D eigenvalue weighted by Crippen LogP contribution is 2.16. The molecule has 0 fully saturated rings. The van der Waals surface area contributed by atoms with E-state index in [1.54, 1.807) is 6.07 Å². The average Bonchev–Trinajstić information content (AvgIpc) is 1.94. The van der Waals surface area contributed by atoms with Gasteiger partial charge in [-0.25, -0.2) is 0 Å². The van der Waals surface area contributed by atoms with Gasteiger partial charge in [-0.15, -0.1) is 10.3 Å². The van der Waals surface area contributed by atoms with Crippen LogP contribution >= 0.6 is 0 Å². The number of benzene rings is 1. The van der Waals surface area contributed by atoms with Crippen LogP contribution in [0.3, 0.4) is 0 Å². The highest BCUT2D eigenvalue weighted by Gasteiger charge is 1.91. The number of hydrogen-bond acceptors (Lipinski definition) is 2. The van der Waals surface area contributed by atoms with E-state index in [-0.39, 0.29) is 0 Å². The Labute approximate surface area is 59.0 Å². The second-order valence-corrected chi connectivity index (χ2v) is 1.97. The van der Waals surface area contributed by atoms with Crippen molar-refractivity contribution in [3.8, 4) is 0 Å². The fourth-order valence-electron chi connectivity index (χ4n) is 0.720. The summed E-state index contributed by atoms with van der Waals surface area (Å²) in [5, 5.41) is 15.5. The standard InChI is InChI=1S/C7H7N2O/c1-6-4-2-3-5-7(6)8-9-10/h2-5H,1H3. The molecule has 0 aliphatic carbocycles. The van der Waals surface area contributed by atoms with E-state index in [2.05, 4.69) is 10.4 Å². The van der Waals surface area contributed by atoms with Crippen LogP contribution in [0.15, 0.2) is 34.7 Å². The van der Waals surface area contributed by atoms with Crippen molar-refractivity contribution in [1.82, 2.24) is 0 Å². The van der Waals surface area contributed by atoms with E-state index in [9.17, 15) is 5.21 Å². The lowest BCUT2D eigenvalue weighted by Crippen LogP contribution is -1.69. The van der Waals surface area contributed by atoms with Crippen LogP contribution in [0, 0.1) is 6.92 Å². The highest BCUT2D eigenvalue weighted by atomic mass is 16.5. The van der Waals surface area contributed by atoms with E-state index >= 15 is 0 Å². The average molecular weight is 135 g/mol. The molecule has 3 nitrogen and oxygen atoms in total. The molecular weight excluding hydrogens is 128 g/mol. The van der Waals surface area contributed by atoms with E-state index in [1.807, 2.05) is 25.1 Å². The molecule has 1 aromatic rings. The fraction of sp³-hybridized carbons (Fsp3) is 0.143. The van der Waals surface area contributed by atoms with Crippen LogP contribution in [0.5, 0.6) is 0 Å². The van der Waals surface area contributed by atoms with E-state index in [1.165, 1.54) is 0 Å². The van der Waals surface area contributed by atoms with Crippen LogP contribution in [0.4, 0.5) is 5.69 Å². The summed E-state index contributed by atoms with van der Waals surface area (Å²) >= 11 is 0. The summed E-state index contributed by atoms with van der Waals surface area (Å²) in [5.41, 5.74) is 1.60. The summed E-state index contributed by atoms with van der Waals surface area (Å²) in [5.74, 6) is 0. The van der Waals surface area contributed by atoms with Crippen molar-refractivity contribution in [2.45, 2.75) is 6.92 Å². The van der Waals surface area contributed by atoms with Crippen LogP contribution in [0.25, 0.3) is 0 Å². The Balaban J connectivity index is 3.03. The quantitative estimate of drug-likeness (QED) is 0.419. The number of hydrogen-bond donors (Lipinski definition) is 0. The molecule has 0 N–H and O–H groups in total. The van der Waals surface area contributed by atoms with Gasteiger partial charge in [-0.05, 0) is 18.6 Å². The largest absolute Gasteiger partial charge is 0.123 e. The predicted octanol–water partition coefficient (Wildman–Crippen LogP) is 2.42. The Bertz CT molecular complexity index is 245. The number of aryl methyl sites for hydroxylation is 1. The van der Waals surface area contributed by atoms with Crippen molar-refractivity contribution in [2.24, 2.45) is 10.4 Å². The van der Waals surface area contributed by atoms with Crippen molar-refractivity contribution < 1.29 is 5.21 Å². The zero-order chi connectivity index (χ0) is 7.40. The molecule has 0 aliphatic heterocycles. The lowest BCUT2D eigenvalue weighted by Gasteiger charge is -1.92. The van der Waals surface area contributed by atoms with Gasteiger partial charge in [0.15, 0.2) is 0 Å². The molecule has 10 heavy (non-hydrogen) atoms. The molecule has 0 saturated carbocycles. The molecule has 0 aromatic heterocycles. The summed E-state index contributed by atoms with van der Waals surface area (Å²) in [6.45, 7) is 1.88. The minimum Gasteiger partial charge on any atom is -0.123 e. The first-order valence-corrected chi connectivity index (χ1v) is 2.93. The maximum atomic E-state index is 9.71. The van der Waals surface area contributed by atoms with Crippen LogP contribution in [0.2, 0.25) is 0 Å². The maximum absolute atomic E-state index is 9.71. The van der Waals surface area contributed by atoms with Crippen molar-refractivity contribution in [3.63, 3.8) is 0 Å². The van der Waals surface area contributed by atoms with Gasteiger partial charge in [0.2, 0.25) is 0 Å². The van der Waals surface area contributed by atoms with Gasteiger partial charge in [-0.1, -0.05) is 18.2 Å². The monoisotopic (exact) mass is 135 g/mol. The molecule has 1 rings (SSSR count). The predicted molar refractivity (Wildman–Crippen MR) is 36.4 cm³/mol. The van der Waals surface area contributed by atoms with E-state index in [0.29, 0.717) is 5.69 Å². The summed E-state index contributed by atoms with van der Waals surface area (Å²) in [7, 11) is 0. The first-order chi connectivity index (χ1) is 4.84. The summed E-state index contributed by atoms with van der Waals surface area (Å²) in [6.07, 6.45) is 0. The molecule has 0 saturated heterocycles. The van der Waals surface area contributed by atoms with Gasteiger partial charge >= 0.3 is 0 Å². The zero-order valence-electron chi connectivity index (χ0n) is 5.61. The Hall–Kier alpha value is -1.38. The van der Waals surface area contributed by atoms with Crippen molar-refractivity contribution in [1.29, 1.82) is 0 Å². The summed E-state index contributed by atoms with van der Waals surface area (Å²) < 4.78 is 0. The fourth-order valence-corrected chi connectivity index (χ4v) is 0.720. The zero-order valence-corrected chi connectivity index (χ0v) is 5.61. The van der Waals surface area contributed by atoms with E-state index in [0.717, 1.165) is 5.56 Å². The minimum absolute atomic E-state index is 0.637. The molecule has 0 unspecified atom stereocenters. The van der Waals surface area contributed by atoms with Gasteiger partial charge in [-0.2, -0.15) is 0 Å². The third kappa shape index (κ3) is 1.31. The van der Waals surface area contributed by atoms with Crippen LogP contribution < -0.4 is 0 Å². The molecule has 0 atom stereocenters. The van der Waals surface area contributed by atoms with Crippen molar-refractivity contribution in [3.05, 3.63) is 29.8 Å². The molecule has 51 valence electrons. The highest BCUT2D eigenvalue weighted by molar-refractivity contribution is 5.43. The van der Waals surface area contributed by atoms with Gasteiger partial charge in [0.05, 0.1) is 11.0 Å². The first-order valence-electron chi connectivity index (χ1n) is 2.93. The number of rotatable bonds is 1. The second-order valence-electron chi connectivity index (χ2n) is 1.97. The van der Waals surface area contributed by atoms with Crippen molar-refractivity contribution >= 4 is 5.69 Å². The molecule has 3 heteroatoms. The second kappa shape index (κ2) is 2.96. The lowest BCUT2D eigenvalue weighted by molar-refractivity contribution is 0.184. The Morgan fingerprint density at radius 2 is 2.00 bits per heavy atom. The first kappa shape index (κ1) is 6.74. The molecule has 0 spiro atoms. The maximum Gasteiger partial charge on any atom is 0.0920 e. The van der Waals surface area contributed by atoms with Gasteiger partial charge < -0.3 is 0 Å². The smallest absolute Gasteiger partial charge is 0.0920 e. The van der Waals surface area contributed by atoms with Crippen LogP contribution in [-0.2, 0) is 5.21 Å². The minimum atomic E-state index is 0.637. The topological polar surface area (TPSA) is 44.6 Å². The summed E-state index contributed by atoms with van der Waals surface area (Å²) in [6, 6.07) is 7.33. The van der Waals surface area contributed by atoms with E-state index in [4.69, 9.17) is 0 Å². The SMILES string of the molecule is Cc1ccccc1N=N[O]. The molecule has 0 heterocycles. The molecule has 1 aromatic carbocycles. The van der Waals surface area contributed by atoms with Crippen LogP contribution in [-0.4, -0.2) is 0 Å². The van der Waals surface area contributed by atoms with E-state index < -0.39 is 0 Å². The van der Waals surface area contributed by atoms with Gasteiger partial charge in [0.1, 0.15) is 0 Å². The molecule has 0 amide bonds. The molecule has 0 aliphatic rings. The third-order valence-electron chi connectivity index (χ3n) is 1.26. The summed E-state index contributed by atoms with van der Waals surface area (Å²) in [4.78, 5) is 0. The Kier molecular flexibility index (Phi) is 1.99. The molecular formula is C7H7N2O. The molecule has 0 bridgehead atoms. The Morgan fingerprint density at radius 1 is 1.30 bits per heavy atom.